The van der Waals surface area contributed by atoms with Crippen LogP contribution in [-0.2, 0) is 6.54 Å². The summed E-state index contributed by atoms with van der Waals surface area (Å²) in [6.45, 7) is 2.57. The summed E-state index contributed by atoms with van der Waals surface area (Å²) in [5.74, 6) is 0.160. The average molecular weight is 386 g/mol. The molecule has 3 rings (SSSR count). The second-order valence-electron chi connectivity index (χ2n) is 5.83. The number of hydrogen-bond acceptors (Lipinski definition) is 3. The van der Waals surface area contributed by atoms with Crippen molar-refractivity contribution in [1.82, 2.24) is 4.98 Å². The molecule has 0 aliphatic carbocycles. The van der Waals surface area contributed by atoms with Gasteiger partial charge in [-0.05, 0) is 48.9 Å². The molecule has 0 atom stereocenters. The summed E-state index contributed by atoms with van der Waals surface area (Å²) in [7, 11) is 0. The van der Waals surface area contributed by atoms with E-state index in [2.05, 4.69) is 15.6 Å². The molecule has 2 aromatic carbocycles. The van der Waals surface area contributed by atoms with E-state index in [0.717, 1.165) is 5.56 Å². The highest BCUT2D eigenvalue weighted by atomic mass is 35.5. The second kappa shape index (κ2) is 8.21. The van der Waals surface area contributed by atoms with Gasteiger partial charge in [0.2, 0.25) is 0 Å². The van der Waals surface area contributed by atoms with Gasteiger partial charge in [-0.15, -0.1) is 0 Å². The lowest BCUT2D eigenvalue weighted by Gasteiger charge is -2.12. The molecule has 0 aliphatic rings. The monoisotopic (exact) mass is 385 g/mol. The number of rotatable bonds is 5. The lowest BCUT2D eigenvalue weighted by molar-refractivity contribution is 0.102. The minimum atomic E-state index is -0.275. The number of aryl methyl sites for hydroxylation is 1. The fourth-order valence-corrected chi connectivity index (χ4v) is 2.65. The maximum absolute atomic E-state index is 12.6. The van der Waals surface area contributed by atoms with E-state index in [1.807, 2.05) is 31.2 Å². The van der Waals surface area contributed by atoms with Gasteiger partial charge in [0.15, 0.2) is 0 Å². The van der Waals surface area contributed by atoms with E-state index < -0.39 is 0 Å². The number of halogens is 2. The molecule has 1 amide bonds. The first kappa shape index (κ1) is 18.2. The van der Waals surface area contributed by atoms with Crippen molar-refractivity contribution in [1.29, 1.82) is 0 Å². The number of carbonyl (C=O) groups is 1. The van der Waals surface area contributed by atoms with Crippen molar-refractivity contribution in [2.24, 2.45) is 0 Å². The molecule has 0 bridgehead atoms. The van der Waals surface area contributed by atoms with E-state index in [9.17, 15) is 4.79 Å². The molecule has 4 nitrogen and oxygen atoms in total. The fourth-order valence-electron chi connectivity index (χ4n) is 2.38. The zero-order valence-corrected chi connectivity index (χ0v) is 15.6. The molecule has 0 unspecified atom stereocenters. The third-order valence-electron chi connectivity index (χ3n) is 3.79. The van der Waals surface area contributed by atoms with E-state index >= 15 is 0 Å². The van der Waals surface area contributed by atoms with E-state index in [0.29, 0.717) is 33.8 Å². The normalized spacial score (nSPS) is 10.4. The Kier molecular flexibility index (Phi) is 5.76. The fraction of sp³-hybridized carbons (Fsp3) is 0.100. The number of anilines is 2. The van der Waals surface area contributed by atoms with E-state index in [1.54, 1.807) is 36.4 Å². The van der Waals surface area contributed by atoms with E-state index in [4.69, 9.17) is 23.2 Å². The van der Waals surface area contributed by atoms with E-state index in [1.165, 1.54) is 5.56 Å². The lowest BCUT2D eigenvalue weighted by Crippen LogP contribution is -2.16. The number of benzene rings is 2. The van der Waals surface area contributed by atoms with Crippen molar-refractivity contribution >= 4 is 40.6 Å². The van der Waals surface area contributed by atoms with Crippen LogP contribution >= 0.6 is 23.2 Å². The molecule has 1 heterocycles. The Morgan fingerprint density at radius 3 is 2.35 bits per heavy atom. The van der Waals surface area contributed by atoms with Crippen LogP contribution in [0.2, 0.25) is 10.2 Å². The van der Waals surface area contributed by atoms with Crippen LogP contribution in [0, 0.1) is 6.92 Å². The quantitative estimate of drug-likeness (QED) is 0.565. The van der Waals surface area contributed by atoms with Crippen LogP contribution in [0.5, 0.6) is 0 Å². The summed E-state index contributed by atoms with van der Waals surface area (Å²) in [5, 5.41) is 6.95. The predicted octanol–water partition coefficient (Wildman–Crippen LogP) is 5.56. The standard InChI is InChI=1S/C20H17Cl2N3O/c1-13-2-4-14(5-3-13)12-23-19-17(10-11-18(22)25-19)20(26)24-16-8-6-15(21)7-9-16/h2-11H,12H2,1H3,(H,23,25)(H,24,26). The van der Waals surface area contributed by atoms with Crippen LogP contribution in [0.4, 0.5) is 11.5 Å². The van der Waals surface area contributed by atoms with Crippen molar-refractivity contribution in [3.63, 3.8) is 0 Å². The number of nitrogens with one attached hydrogen (secondary N) is 2. The Balaban J connectivity index is 1.77. The predicted molar refractivity (Wildman–Crippen MR) is 107 cm³/mol. The Labute approximate surface area is 162 Å². The van der Waals surface area contributed by atoms with Gasteiger partial charge >= 0.3 is 0 Å². The van der Waals surface area contributed by atoms with Crippen molar-refractivity contribution in [2.75, 3.05) is 10.6 Å². The van der Waals surface area contributed by atoms with Crippen LogP contribution in [0.3, 0.4) is 0 Å². The molecular formula is C20H17Cl2N3O. The molecule has 6 heteroatoms. The molecule has 0 spiro atoms. The number of carbonyl (C=O) groups excluding carboxylic acids is 1. The largest absolute Gasteiger partial charge is 0.365 e. The van der Waals surface area contributed by atoms with Gasteiger partial charge < -0.3 is 10.6 Å². The Bertz CT molecular complexity index is 909. The maximum atomic E-state index is 12.6. The van der Waals surface area contributed by atoms with Crippen molar-refractivity contribution in [3.8, 4) is 0 Å². The van der Waals surface area contributed by atoms with Crippen LogP contribution in [0.15, 0.2) is 60.7 Å². The molecule has 2 N–H and O–H groups in total. The molecule has 3 aromatic rings. The van der Waals surface area contributed by atoms with Gasteiger partial charge in [-0.3, -0.25) is 4.79 Å². The molecule has 0 radical (unpaired) electrons. The highest BCUT2D eigenvalue weighted by molar-refractivity contribution is 6.30. The second-order valence-corrected chi connectivity index (χ2v) is 6.65. The van der Waals surface area contributed by atoms with Crippen LogP contribution in [0.25, 0.3) is 0 Å². The molecule has 132 valence electrons. The minimum Gasteiger partial charge on any atom is -0.365 e. The summed E-state index contributed by atoms with van der Waals surface area (Å²) in [5.41, 5.74) is 3.34. The minimum absolute atomic E-state index is 0.275. The van der Waals surface area contributed by atoms with Gasteiger partial charge in [0.05, 0.1) is 5.56 Å². The maximum Gasteiger partial charge on any atom is 0.259 e. The van der Waals surface area contributed by atoms with Gasteiger partial charge in [-0.2, -0.15) is 0 Å². The molecule has 0 fully saturated rings. The van der Waals surface area contributed by atoms with Gasteiger partial charge in [0, 0.05) is 17.3 Å². The summed E-state index contributed by atoms with van der Waals surface area (Å²) >= 11 is 11.9. The smallest absolute Gasteiger partial charge is 0.259 e. The average Bonchev–Trinajstić information content (AvgIpc) is 2.63. The summed E-state index contributed by atoms with van der Waals surface area (Å²) in [6.07, 6.45) is 0. The van der Waals surface area contributed by atoms with Crippen molar-refractivity contribution in [2.45, 2.75) is 13.5 Å². The van der Waals surface area contributed by atoms with Crippen LogP contribution in [0.1, 0.15) is 21.5 Å². The number of hydrogen-bond donors (Lipinski definition) is 2. The molecule has 1 aromatic heterocycles. The summed E-state index contributed by atoms with van der Waals surface area (Å²) in [6, 6.07) is 18.3. The summed E-state index contributed by atoms with van der Waals surface area (Å²) in [4.78, 5) is 16.9. The molecular weight excluding hydrogens is 369 g/mol. The van der Waals surface area contributed by atoms with E-state index in [-0.39, 0.29) is 5.91 Å². The van der Waals surface area contributed by atoms with Gasteiger partial charge in [0.1, 0.15) is 11.0 Å². The van der Waals surface area contributed by atoms with Gasteiger partial charge in [0.25, 0.3) is 5.91 Å². The van der Waals surface area contributed by atoms with Crippen LogP contribution in [-0.4, -0.2) is 10.9 Å². The molecule has 0 saturated carbocycles. The number of aromatic nitrogens is 1. The number of pyridine rings is 1. The number of amides is 1. The van der Waals surface area contributed by atoms with Crippen LogP contribution < -0.4 is 10.6 Å². The number of nitrogens with zero attached hydrogens (tertiary/aromatic N) is 1. The SMILES string of the molecule is Cc1ccc(CNc2nc(Cl)ccc2C(=O)Nc2ccc(Cl)cc2)cc1. The first-order valence-electron chi connectivity index (χ1n) is 8.04. The molecule has 26 heavy (non-hydrogen) atoms. The molecule has 0 aliphatic heterocycles. The van der Waals surface area contributed by atoms with Crippen molar-refractivity contribution in [3.05, 3.63) is 87.5 Å². The first-order chi connectivity index (χ1) is 12.5. The van der Waals surface area contributed by atoms with Gasteiger partial charge in [-0.25, -0.2) is 4.98 Å². The Morgan fingerprint density at radius 2 is 1.65 bits per heavy atom. The first-order valence-corrected chi connectivity index (χ1v) is 8.80. The zero-order valence-electron chi connectivity index (χ0n) is 14.1. The highest BCUT2D eigenvalue weighted by Gasteiger charge is 2.14. The summed E-state index contributed by atoms with van der Waals surface area (Å²) < 4.78 is 0. The highest BCUT2D eigenvalue weighted by Crippen LogP contribution is 2.20. The third-order valence-corrected chi connectivity index (χ3v) is 4.25. The van der Waals surface area contributed by atoms with Gasteiger partial charge in [-0.1, -0.05) is 53.0 Å². The Hall–Kier alpha value is -2.56. The topological polar surface area (TPSA) is 54.0 Å². The lowest BCUT2D eigenvalue weighted by atomic mass is 10.1. The van der Waals surface area contributed by atoms with Crippen molar-refractivity contribution < 1.29 is 4.79 Å². The Morgan fingerprint density at radius 1 is 0.962 bits per heavy atom. The zero-order chi connectivity index (χ0) is 18.5. The molecule has 0 saturated heterocycles. The third kappa shape index (κ3) is 4.75.